The third kappa shape index (κ3) is 4.28. The van der Waals surface area contributed by atoms with E-state index in [2.05, 4.69) is 13.8 Å². The van der Waals surface area contributed by atoms with Gasteiger partial charge >= 0.3 is 0 Å². The molecule has 0 radical (unpaired) electrons. The molecule has 2 aliphatic rings. The summed E-state index contributed by atoms with van der Waals surface area (Å²) < 4.78 is 0. The summed E-state index contributed by atoms with van der Waals surface area (Å²) in [4.78, 5) is 0. The van der Waals surface area contributed by atoms with Crippen molar-refractivity contribution < 1.29 is 0 Å². The van der Waals surface area contributed by atoms with E-state index in [1.165, 1.54) is 57.8 Å². The van der Waals surface area contributed by atoms with E-state index >= 15 is 0 Å². The van der Waals surface area contributed by atoms with Crippen LogP contribution < -0.4 is 0 Å². The zero-order chi connectivity index (χ0) is 12.8. The molecule has 0 aromatic rings. The molecule has 4 unspecified atom stereocenters. The Morgan fingerprint density at radius 2 is 1.17 bits per heavy atom. The van der Waals surface area contributed by atoms with Crippen LogP contribution in [0.15, 0.2) is 0 Å². The van der Waals surface area contributed by atoms with Crippen LogP contribution in [0.5, 0.6) is 0 Å². The largest absolute Gasteiger partial charge is 0.0625 e. The maximum atomic E-state index is 2.53. The van der Waals surface area contributed by atoms with Crippen molar-refractivity contribution in [3.05, 3.63) is 0 Å². The molecule has 0 aliphatic heterocycles. The molecule has 18 heavy (non-hydrogen) atoms. The summed E-state index contributed by atoms with van der Waals surface area (Å²) >= 11 is 0. The van der Waals surface area contributed by atoms with E-state index in [-0.39, 0.29) is 0 Å². The van der Waals surface area contributed by atoms with Gasteiger partial charge in [0.25, 0.3) is 0 Å². The maximum Gasteiger partial charge on any atom is -0.0360 e. The molecule has 2 aliphatic carbocycles. The molecule has 4 atom stereocenters. The first-order valence-electron chi connectivity index (χ1n) is 8.77. The van der Waals surface area contributed by atoms with Crippen LogP contribution in [0.4, 0.5) is 0 Å². The molecular formula is C18H34. The number of hydrogen-bond acceptors (Lipinski definition) is 0. The van der Waals surface area contributed by atoms with Crippen LogP contribution in [0.2, 0.25) is 0 Å². The molecule has 0 aromatic heterocycles. The van der Waals surface area contributed by atoms with Crippen molar-refractivity contribution >= 4 is 0 Å². The lowest BCUT2D eigenvalue weighted by Crippen LogP contribution is -2.25. The highest BCUT2D eigenvalue weighted by molar-refractivity contribution is 4.79. The fourth-order valence-electron chi connectivity index (χ4n) is 4.57. The van der Waals surface area contributed by atoms with E-state index in [0.29, 0.717) is 0 Å². The molecule has 0 heteroatoms. The molecular weight excluding hydrogens is 216 g/mol. The zero-order valence-electron chi connectivity index (χ0n) is 12.8. The van der Waals surface area contributed by atoms with Gasteiger partial charge in [-0.05, 0) is 30.1 Å². The summed E-state index contributed by atoms with van der Waals surface area (Å²) in [7, 11) is 0. The minimum absolute atomic E-state index is 0.993. The van der Waals surface area contributed by atoms with Gasteiger partial charge in [0, 0.05) is 0 Å². The summed E-state index contributed by atoms with van der Waals surface area (Å²) in [6.07, 6.45) is 18.2. The first-order chi connectivity index (χ1) is 8.77. The molecule has 2 rings (SSSR count). The summed E-state index contributed by atoms with van der Waals surface area (Å²) in [6.45, 7) is 5.01. The minimum atomic E-state index is 0.993. The van der Waals surface area contributed by atoms with E-state index < -0.39 is 0 Å². The van der Waals surface area contributed by atoms with Crippen molar-refractivity contribution in [2.75, 3.05) is 0 Å². The van der Waals surface area contributed by atoms with E-state index in [4.69, 9.17) is 0 Å². The predicted octanol–water partition coefficient (Wildman–Crippen LogP) is 6.20. The molecule has 0 N–H and O–H groups in total. The van der Waals surface area contributed by atoms with Crippen LogP contribution in [-0.2, 0) is 0 Å². The van der Waals surface area contributed by atoms with Crippen molar-refractivity contribution in [1.82, 2.24) is 0 Å². The Morgan fingerprint density at radius 1 is 0.556 bits per heavy atom. The molecule has 2 fully saturated rings. The zero-order valence-corrected chi connectivity index (χ0v) is 12.8. The van der Waals surface area contributed by atoms with Gasteiger partial charge in [0.1, 0.15) is 0 Å². The quantitative estimate of drug-likeness (QED) is 0.520. The van der Waals surface area contributed by atoms with Crippen LogP contribution >= 0.6 is 0 Å². The SMILES string of the molecule is CC1CCCCCC(C2CCCCC2C)CCC1. The topological polar surface area (TPSA) is 0 Å². The first-order valence-corrected chi connectivity index (χ1v) is 8.77. The van der Waals surface area contributed by atoms with Gasteiger partial charge in [-0.15, -0.1) is 0 Å². The summed E-state index contributed by atoms with van der Waals surface area (Å²) in [5.74, 6) is 4.16. The Labute approximate surface area is 115 Å². The highest BCUT2D eigenvalue weighted by Crippen LogP contribution is 2.40. The number of rotatable bonds is 1. The lowest BCUT2D eigenvalue weighted by atomic mass is 9.70. The molecule has 0 heterocycles. The van der Waals surface area contributed by atoms with E-state index in [0.717, 1.165) is 23.7 Å². The standard InChI is InChI=1S/C18H34/c1-15-9-4-3-5-12-17(13-8-10-15)18-14-7-6-11-16(18)2/h15-18H,3-14H2,1-2H3. The molecule has 0 aromatic carbocycles. The second-order valence-electron chi connectivity index (χ2n) is 7.36. The molecule has 0 saturated heterocycles. The second kappa shape index (κ2) is 7.56. The monoisotopic (exact) mass is 250 g/mol. The lowest BCUT2D eigenvalue weighted by Gasteiger charge is -2.36. The molecule has 106 valence electrons. The highest BCUT2D eigenvalue weighted by Gasteiger charge is 2.28. The summed E-state index contributed by atoms with van der Waals surface area (Å²) in [6, 6.07) is 0. The molecule has 0 bridgehead atoms. The first kappa shape index (κ1) is 14.4. The normalized spacial score (nSPS) is 40.3. The highest BCUT2D eigenvalue weighted by atomic mass is 14.3. The molecule has 0 amide bonds. The van der Waals surface area contributed by atoms with Crippen molar-refractivity contribution in [2.24, 2.45) is 23.7 Å². The van der Waals surface area contributed by atoms with E-state index in [1.807, 2.05) is 0 Å². The predicted molar refractivity (Wildman–Crippen MR) is 80.7 cm³/mol. The van der Waals surface area contributed by atoms with Gasteiger partial charge < -0.3 is 0 Å². The van der Waals surface area contributed by atoms with Crippen molar-refractivity contribution in [3.63, 3.8) is 0 Å². The van der Waals surface area contributed by atoms with E-state index in [1.54, 1.807) is 19.3 Å². The Balaban J connectivity index is 1.87. The summed E-state index contributed by atoms with van der Waals surface area (Å²) in [5.41, 5.74) is 0. The number of hydrogen-bond donors (Lipinski definition) is 0. The fourth-order valence-corrected chi connectivity index (χ4v) is 4.57. The van der Waals surface area contributed by atoms with Crippen LogP contribution in [0.3, 0.4) is 0 Å². The maximum absolute atomic E-state index is 2.53. The second-order valence-corrected chi connectivity index (χ2v) is 7.36. The Hall–Kier alpha value is 0. The van der Waals surface area contributed by atoms with Crippen molar-refractivity contribution in [3.8, 4) is 0 Å². The Morgan fingerprint density at radius 3 is 2.00 bits per heavy atom. The average Bonchev–Trinajstić information content (AvgIpc) is 2.37. The lowest BCUT2D eigenvalue weighted by molar-refractivity contribution is 0.149. The van der Waals surface area contributed by atoms with Gasteiger partial charge in [-0.2, -0.15) is 0 Å². The average molecular weight is 250 g/mol. The van der Waals surface area contributed by atoms with Crippen LogP contribution in [0, 0.1) is 23.7 Å². The Kier molecular flexibility index (Phi) is 6.05. The van der Waals surface area contributed by atoms with Gasteiger partial charge in [0.15, 0.2) is 0 Å². The van der Waals surface area contributed by atoms with Crippen LogP contribution in [0.1, 0.15) is 90.9 Å². The van der Waals surface area contributed by atoms with Gasteiger partial charge in [0.2, 0.25) is 0 Å². The minimum Gasteiger partial charge on any atom is -0.0625 e. The smallest absolute Gasteiger partial charge is 0.0360 e. The van der Waals surface area contributed by atoms with Gasteiger partial charge in [-0.3, -0.25) is 0 Å². The molecule has 0 nitrogen and oxygen atoms in total. The third-order valence-corrected chi connectivity index (χ3v) is 5.83. The molecule has 2 saturated carbocycles. The van der Waals surface area contributed by atoms with Gasteiger partial charge in [-0.25, -0.2) is 0 Å². The van der Waals surface area contributed by atoms with Crippen molar-refractivity contribution in [2.45, 2.75) is 90.9 Å². The third-order valence-electron chi connectivity index (χ3n) is 5.83. The Bertz CT molecular complexity index is 220. The van der Waals surface area contributed by atoms with Crippen molar-refractivity contribution in [1.29, 1.82) is 0 Å². The van der Waals surface area contributed by atoms with Crippen LogP contribution in [0.25, 0.3) is 0 Å². The van der Waals surface area contributed by atoms with Crippen LogP contribution in [-0.4, -0.2) is 0 Å². The summed E-state index contributed by atoms with van der Waals surface area (Å²) in [5, 5.41) is 0. The fraction of sp³-hybridized carbons (Fsp3) is 1.00. The molecule has 0 spiro atoms. The van der Waals surface area contributed by atoms with E-state index in [9.17, 15) is 0 Å². The van der Waals surface area contributed by atoms with Gasteiger partial charge in [-0.1, -0.05) is 84.5 Å². The van der Waals surface area contributed by atoms with Gasteiger partial charge in [0.05, 0.1) is 0 Å².